The maximum Gasteiger partial charge on any atom is 0.321 e. The molecule has 0 fully saturated rings. The van der Waals surface area contributed by atoms with Crippen molar-refractivity contribution in [3.05, 3.63) is 23.9 Å². The molecule has 0 saturated carbocycles. The molecule has 0 aromatic carbocycles. The number of nitrogens with one attached hydrogen (secondary N) is 2. The van der Waals surface area contributed by atoms with Crippen molar-refractivity contribution in [2.24, 2.45) is 0 Å². The summed E-state index contributed by atoms with van der Waals surface area (Å²) in [5, 5.41) is 4.70. The highest BCUT2D eigenvalue weighted by Gasteiger charge is 2.13. The largest absolute Gasteiger partial charge is 0.481 e. The number of aromatic nitrogens is 1. The SMILES string of the molecule is CCOC(CNC(=O)NC(=O)c1ccc(OC)nc1)OCC. The van der Waals surface area contributed by atoms with Gasteiger partial charge in [0.15, 0.2) is 6.29 Å². The lowest BCUT2D eigenvalue weighted by molar-refractivity contribution is -0.131. The summed E-state index contributed by atoms with van der Waals surface area (Å²) in [5.74, 6) is -0.172. The Bertz CT molecular complexity index is 472. The molecule has 0 bridgehead atoms. The predicted octanol–water partition coefficient (Wildman–Crippen LogP) is 0.929. The molecule has 1 rings (SSSR count). The van der Waals surface area contributed by atoms with E-state index in [0.717, 1.165) is 0 Å². The van der Waals surface area contributed by atoms with Gasteiger partial charge in [-0.1, -0.05) is 0 Å². The molecule has 0 saturated heterocycles. The van der Waals surface area contributed by atoms with E-state index >= 15 is 0 Å². The summed E-state index contributed by atoms with van der Waals surface area (Å²) in [6.45, 7) is 4.72. The third-order valence-corrected chi connectivity index (χ3v) is 2.57. The highest BCUT2D eigenvalue weighted by Crippen LogP contribution is 2.06. The van der Waals surface area contributed by atoms with Crippen LogP contribution < -0.4 is 15.4 Å². The summed E-state index contributed by atoms with van der Waals surface area (Å²) in [5.41, 5.74) is 0.252. The number of hydrogen-bond acceptors (Lipinski definition) is 6. The second kappa shape index (κ2) is 9.69. The van der Waals surface area contributed by atoms with Gasteiger partial charge in [0, 0.05) is 25.5 Å². The van der Waals surface area contributed by atoms with Gasteiger partial charge in [-0.05, 0) is 19.9 Å². The van der Waals surface area contributed by atoms with Crippen LogP contribution in [0.3, 0.4) is 0 Å². The number of carbonyl (C=O) groups excluding carboxylic acids is 2. The third kappa shape index (κ3) is 6.06. The van der Waals surface area contributed by atoms with Gasteiger partial charge in [-0.15, -0.1) is 0 Å². The van der Waals surface area contributed by atoms with Crippen LogP contribution in [0.15, 0.2) is 18.3 Å². The number of nitrogens with zero attached hydrogens (tertiary/aromatic N) is 1. The monoisotopic (exact) mass is 311 g/mol. The number of hydrogen-bond donors (Lipinski definition) is 2. The van der Waals surface area contributed by atoms with E-state index in [9.17, 15) is 9.59 Å². The van der Waals surface area contributed by atoms with Gasteiger partial charge in [0.2, 0.25) is 5.88 Å². The van der Waals surface area contributed by atoms with Crippen LogP contribution >= 0.6 is 0 Å². The summed E-state index contributed by atoms with van der Waals surface area (Å²) in [4.78, 5) is 27.4. The molecule has 8 nitrogen and oxygen atoms in total. The van der Waals surface area contributed by atoms with Gasteiger partial charge in [-0.2, -0.15) is 0 Å². The van der Waals surface area contributed by atoms with E-state index in [1.165, 1.54) is 25.4 Å². The number of imide groups is 1. The van der Waals surface area contributed by atoms with Gasteiger partial charge >= 0.3 is 6.03 Å². The van der Waals surface area contributed by atoms with Gasteiger partial charge in [-0.3, -0.25) is 10.1 Å². The van der Waals surface area contributed by atoms with Gasteiger partial charge in [0.1, 0.15) is 0 Å². The average molecular weight is 311 g/mol. The number of amides is 3. The lowest BCUT2D eigenvalue weighted by Gasteiger charge is -2.17. The van der Waals surface area contributed by atoms with Crippen molar-refractivity contribution in [1.29, 1.82) is 0 Å². The molecular formula is C14H21N3O5. The first-order chi connectivity index (χ1) is 10.6. The average Bonchev–Trinajstić information content (AvgIpc) is 2.53. The van der Waals surface area contributed by atoms with E-state index in [2.05, 4.69) is 15.6 Å². The minimum Gasteiger partial charge on any atom is -0.481 e. The topological polar surface area (TPSA) is 98.8 Å². The molecule has 8 heteroatoms. The number of ether oxygens (including phenoxy) is 3. The molecule has 1 aromatic heterocycles. The van der Waals surface area contributed by atoms with Gasteiger partial charge in [0.25, 0.3) is 5.91 Å². The number of carbonyl (C=O) groups is 2. The Morgan fingerprint density at radius 1 is 1.23 bits per heavy atom. The zero-order valence-corrected chi connectivity index (χ0v) is 12.9. The Labute approximate surface area is 129 Å². The Morgan fingerprint density at radius 2 is 1.91 bits per heavy atom. The van der Waals surface area contributed by atoms with E-state index in [1.807, 2.05) is 13.8 Å². The molecule has 122 valence electrons. The van der Waals surface area contributed by atoms with Crippen LogP contribution in [0, 0.1) is 0 Å². The fraction of sp³-hybridized carbons (Fsp3) is 0.500. The molecule has 22 heavy (non-hydrogen) atoms. The predicted molar refractivity (Wildman–Crippen MR) is 78.7 cm³/mol. The van der Waals surface area contributed by atoms with Crippen molar-refractivity contribution in [3.63, 3.8) is 0 Å². The number of pyridine rings is 1. The van der Waals surface area contributed by atoms with E-state index < -0.39 is 18.2 Å². The van der Waals surface area contributed by atoms with E-state index in [1.54, 1.807) is 0 Å². The van der Waals surface area contributed by atoms with Crippen LogP contribution in [0.5, 0.6) is 5.88 Å². The third-order valence-electron chi connectivity index (χ3n) is 2.57. The molecule has 0 aliphatic rings. The smallest absolute Gasteiger partial charge is 0.321 e. The van der Waals surface area contributed by atoms with Crippen molar-refractivity contribution < 1.29 is 23.8 Å². The van der Waals surface area contributed by atoms with Crippen LogP contribution in [0.1, 0.15) is 24.2 Å². The molecule has 3 amide bonds. The molecule has 0 atom stereocenters. The molecule has 0 aliphatic carbocycles. The maximum absolute atomic E-state index is 11.8. The van der Waals surface area contributed by atoms with Crippen molar-refractivity contribution in [2.75, 3.05) is 26.9 Å². The lowest BCUT2D eigenvalue weighted by atomic mass is 10.3. The number of urea groups is 1. The fourth-order valence-corrected chi connectivity index (χ4v) is 1.57. The maximum atomic E-state index is 11.8. The summed E-state index contributed by atoms with van der Waals surface area (Å²) < 4.78 is 15.4. The van der Waals surface area contributed by atoms with Crippen molar-refractivity contribution >= 4 is 11.9 Å². The van der Waals surface area contributed by atoms with Crippen LogP contribution in [-0.2, 0) is 9.47 Å². The first-order valence-electron chi connectivity index (χ1n) is 6.93. The van der Waals surface area contributed by atoms with Gasteiger partial charge in [-0.25, -0.2) is 9.78 Å². The Balaban J connectivity index is 2.44. The van der Waals surface area contributed by atoms with Crippen molar-refractivity contribution in [3.8, 4) is 5.88 Å². The van der Waals surface area contributed by atoms with E-state index in [4.69, 9.17) is 14.2 Å². The first kappa shape index (κ1) is 17.9. The van der Waals surface area contributed by atoms with Gasteiger partial charge < -0.3 is 19.5 Å². The Hall–Kier alpha value is -2.19. The second-order valence-electron chi connectivity index (χ2n) is 4.09. The van der Waals surface area contributed by atoms with Crippen LogP contribution in [0.2, 0.25) is 0 Å². The highest BCUT2D eigenvalue weighted by molar-refractivity contribution is 6.04. The molecule has 0 aliphatic heterocycles. The van der Waals surface area contributed by atoms with Crippen LogP contribution in [0.25, 0.3) is 0 Å². The Morgan fingerprint density at radius 3 is 2.41 bits per heavy atom. The standard InChI is InChI=1S/C14H21N3O5/c1-4-21-12(22-5-2)9-16-14(19)17-13(18)10-6-7-11(20-3)15-8-10/h6-8,12H,4-5,9H2,1-3H3,(H2,16,17,18,19). The first-order valence-corrected chi connectivity index (χ1v) is 6.93. The molecule has 0 radical (unpaired) electrons. The molecule has 1 heterocycles. The summed E-state index contributed by atoms with van der Waals surface area (Å²) in [7, 11) is 1.47. The van der Waals surface area contributed by atoms with E-state index in [-0.39, 0.29) is 12.1 Å². The molecule has 0 unspecified atom stereocenters. The Kier molecular flexibility index (Phi) is 7.87. The lowest BCUT2D eigenvalue weighted by Crippen LogP contribution is -2.43. The fourth-order valence-electron chi connectivity index (χ4n) is 1.57. The normalized spacial score (nSPS) is 10.4. The molecular weight excluding hydrogens is 290 g/mol. The summed E-state index contributed by atoms with van der Waals surface area (Å²) in [6, 6.07) is 2.41. The van der Waals surface area contributed by atoms with Gasteiger partial charge in [0.05, 0.1) is 19.2 Å². The highest BCUT2D eigenvalue weighted by atomic mass is 16.7. The minimum absolute atomic E-state index is 0.141. The molecule has 2 N–H and O–H groups in total. The summed E-state index contributed by atoms with van der Waals surface area (Å²) in [6.07, 6.45) is 0.781. The number of methoxy groups -OCH3 is 1. The number of rotatable bonds is 8. The van der Waals surface area contributed by atoms with Crippen molar-refractivity contribution in [1.82, 2.24) is 15.6 Å². The molecule has 0 spiro atoms. The zero-order chi connectivity index (χ0) is 16.4. The van der Waals surface area contributed by atoms with Crippen molar-refractivity contribution in [2.45, 2.75) is 20.1 Å². The van der Waals surface area contributed by atoms with E-state index in [0.29, 0.717) is 19.1 Å². The minimum atomic E-state index is -0.634. The zero-order valence-electron chi connectivity index (χ0n) is 12.9. The second-order valence-corrected chi connectivity index (χ2v) is 4.09. The quantitative estimate of drug-likeness (QED) is 0.693. The van der Waals surface area contributed by atoms with Crippen LogP contribution in [-0.4, -0.2) is 50.1 Å². The van der Waals surface area contributed by atoms with Crippen LogP contribution in [0.4, 0.5) is 4.79 Å². The summed E-state index contributed by atoms with van der Waals surface area (Å²) >= 11 is 0. The molecule has 1 aromatic rings.